The third-order valence-corrected chi connectivity index (χ3v) is 4.65. The van der Waals surface area contributed by atoms with Crippen molar-refractivity contribution in [1.82, 2.24) is 4.98 Å². The summed E-state index contributed by atoms with van der Waals surface area (Å²) in [5.74, 6) is -1.09. The van der Waals surface area contributed by atoms with Crippen molar-refractivity contribution >= 4 is 34.1 Å². The quantitative estimate of drug-likeness (QED) is 0.413. The van der Waals surface area contributed by atoms with E-state index >= 15 is 0 Å². The van der Waals surface area contributed by atoms with Crippen LogP contribution in [0.25, 0.3) is 10.9 Å². The molecule has 3 aromatic carbocycles. The van der Waals surface area contributed by atoms with Gasteiger partial charge in [0.25, 0.3) is 0 Å². The molecule has 32 heavy (non-hydrogen) atoms. The highest BCUT2D eigenvalue weighted by Gasteiger charge is 2.14. The molecule has 0 aliphatic heterocycles. The lowest BCUT2D eigenvalue weighted by Crippen LogP contribution is -2.20. The molecule has 0 atom stereocenters. The number of ether oxygens (including phenoxy) is 1. The van der Waals surface area contributed by atoms with Crippen LogP contribution < -0.4 is 15.4 Å². The summed E-state index contributed by atoms with van der Waals surface area (Å²) < 4.78 is 32.6. The molecule has 2 N–H and O–H groups in total. The lowest BCUT2D eigenvalue weighted by Gasteiger charge is -2.10. The Labute approximate surface area is 181 Å². The number of pyridine rings is 1. The predicted molar refractivity (Wildman–Crippen MR) is 117 cm³/mol. The number of fused-ring (bicyclic) bond motifs is 1. The van der Waals surface area contributed by atoms with Crippen molar-refractivity contribution in [2.45, 2.75) is 0 Å². The van der Waals surface area contributed by atoms with Gasteiger partial charge in [-0.05, 0) is 60.7 Å². The topological polar surface area (TPSA) is 80.3 Å². The molecule has 2 amide bonds. The minimum Gasteiger partial charge on any atom is -0.495 e. The van der Waals surface area contributed by atoms with Crippen molar-refractivity contribution in [3.05, 3.63) is 95.7 Å². The van der Waals surface area contributed by atoms with Gasteiger partial charge in [0.2, 0.25) is 0 Å². The summed E-state index contributed by atoms with van der Waals surface area (Å²) in [5, 5.41) is 5.59. The van der Waals surface area contributed by atoms with E-state index in [9.17, 15) is 18.4 Å². The van der Waals surface area contributed by atoms with Crippen molar-refractivity contribution in [3.8, 4) is 5.75 Å². The third kappa shape index (κ3) is 4.70. The molecule has 0 saturated heterocycles. The molecule has 0 bridgehead atoms. The maximum absolute atomic E-state index is 14.2. The van der Waals surface area contributed by atoms with E-state index in [-0.39, 0.29) is 16.9 Å². The van der Waals surface area contributed by atoms with Crippen molar-refractivity contribution in [2.24, 2.45) is 0 Å². The number of carbonyl (C=O) groups is 2. The van der Waals surface area contributed by atoms with Crippen LogP contribution in [0.5, 0.6) is 5.75 Å². The fourth-order valence-corrected chi connectivity index (χ4v) is 3.18. The van der Waals surface area contributed by atoms with Gasteiger partial charge < -0.3 is 15.4 Å². The number of ketones is 1. The van der Waals surface area contributed by atoms with Crippen LogP contribution in [0, 0.1) is 11.6 Å². The average molecular weight is 433 g/mol. The molecule has 4 rings (SSSR count). The number of benzene rings is 3. The smallest absolute Gasteiger partial charge is 0.323 e. The number of nitrogens with one attached hydrogen (secondary N) is 2. The second-order valence-electron chi connectivity index (χ2n) is 6.93. The van der Waals surface area contributed by atoms with Gasteiger partial charge in [-0.3, -0.25) is 9.78 Å². The number of urea groups is 1. The minimum absolute atomic E-state index is 0.0567. The van der Waals surface area contributed by atoms with Crippen LogP contribution in [-0.4, -0.2) is 23.9 Å². The zero-order chi connectivity index (χ0) is 22.7. The molecule has 6 nitrogen and oxygen atoms in total. The molecular formula is C24H17F2N3O3. The Morgan fingerprint density at radius 2 is 1.62 bits per heavy atom. The average Bonchev–Trinajstić information content (AvgIpc) is 2.77. The summed E-state index contributed by atoms with van der Waals surface area (Å²) in [6.07, 6.45) is 1.57. The van der Waals surface area contributed by atoms with Crippen molar-refractivity contribution in [1.29, 1.82) is 0 Å². The molecule has 8 heteroatoms. The van der Waals surface area contributed by atoms with Gasteiger partial charge in [0, 0.05) is 27.9 Å². The highest BCUT2D eigenvalue weighted by atomic mass is 19.1. The number of hydrogen-bond acceptors (Lipinski definition) is 4. The maximum Gasteiger partial charge on any atom is 0.323 e. The number of rotatable bonds is 5. The first-order chi connectivity index (χ1) is 15.4. The maximum atomic E-state index is 14.2. The van der Waals surface area contributed by atoms with Crippen molar-refractivity contribution in [3.63, 3.8) is 0 Å². The van der Waals surface area contributed by atoms with Gasteiger partial charge in [-0.2, -0.15) is 0 Å². The Bertz CT molecular complexity index is 1340. The van der Waals surface area contributed by atoms with Gasteiger partial charge in [-0.15, -0.1) is 0 Å². The van der Waals surface area contributed by atoms with Crippen LogP contribution in [0.2, 0.25) is 0 Å². The predicted octanol–water partition coefficient (Wildman–Crippen LogP) is 5.40. The molecule has 1 heterocycles. The summed E-state index contributed by atoms with van der Waals surface area (Å²) in [6.45, 7) is 0. The van der Waals surface area contributed by atoms with E-state index in [0.717, 1.165) is 18.2 Å². The normalized spacial score (nSPS) is 10.6. The van der Waals surface area contributed by atoms with Crippen LogP contribution in [0.1, 0.15) is 15.9 Å². The Hall–Kier alpha value is -4.33. The van der Waals surface area contributed by atoms with E-state index in [2.05, 4.69) is 15.6 Å². The first kappa shape index (κ1) is 20.9. The summed E-state index contributed by atoms with van der Waals surface area (Å²) in [4.78, 5) is 29.4. The molecule has 160 valence electrons. The fourth-order valence-electron chi connectivity index (χ4n) is 3.18. The van der Waals surface area contributed by atoms with Gasteiger partial charge in [0.05, 0.1) is 18.8 Å². The fraction of sp³-hybridized carbons (Fsp3) is 0.0417. The van der Waals surface area contributed by atoms with Crippen LogP contribution in [0.3, 0.4) is 0 Å². The van der Waals surface area contributed by atoms with E-state index < -0.39 is 23.4 Å². The van der Waals surface area contributed by atoms with Crippen LogP contribution in [-0.2, 0) is 0 Å². The van der Waals surface area contributed by atoms with Gasteiger partial charge >= 0.3 is 6.03 Å². The molecule has 4 aromatic rings. The van der Waals surface area contributed by atoms with Crippen molar-refractivity contribution in [2.75, 3.05) is 17.7 Å². The van der Waals surface area contributed by atoms with Gasteiger partial charge in [-0.25, -0.2) is 13.6 Å². The monoisotopic (exact) mass is 433 g/mol. The minimum atomic E-state index is -0.705. The molecule has 1 aromatic heterocycles. The lowest BCUT2D eigenvalue weighted by atomic mass is 10.0. The number of halogens is 2. The molecule has 0 spiro atoms. The molecule has 0 radical (unpaired) electrons. The van der Waals surface area contributed by atoms with E-state index in [1.54, 1.807) is 30.5 Å². The molecular weight excluding hydrogens is 416 g/mol. The van der Waals surface area contributed by atoms with Crippen LogP contribution >= 0.6 is 0 Å². The van der Waals surface area contributed by atoms with E-state index in [1.807, 2.05) is 0 Å². The number of carbonyl (C=O) groups excluding carboxylic acids is 2. The molecule has 0 fully saturated rings. The number of anilines is 2. The largest absolute Gasteiger partial charge is 0.495 e. The van der Waals surface area contributed by atoms with Gasteiger partial charge in [-0.1, -0.05) is 6.07 Å². The van der Waals surface area contributed by atoms with Crippen LogP contribution in [0.15, 0.2) is 72.9 Å². The number of methoxy groups -OCH3 is 1. The Balaban J connectivity index is 1.57. The molecule has 0 unspecified atom stereocenters. The molecule has 0 aliphatic rings. The standard InChI is InChI=1S/C24H17F2N3O3/c1-32-21-10-15-7-14(5-6-22(15)27-13-21)23(30)16-8-18(26)12-20(9-16)29-24(31)28-19-4-2-3-17(25)11-19/h2-13H,1H3,(H2,28,29,31). The second kappa shape index (κ2) is 8.81. The SMILES string of the molecule is COc1cnc2ccc(C(=O)c3cc(F)cc(NC(=O)Nc4cccc(F)c4)c3)cc2c1. The number of hydrogen-bond donors (Lipinski definition) is 2. The second-order valence-corrected chi connectivity index (χ2v) is 6.93. The zero-order valence-electron chi connectivity index (χ0n) is 16.9. The molecule has 0 saturated carbocycles. The van der Waals surface area contributed by atoms with Gasteiger partial charge in [0.15, 0.2) is 5.78 Å². The first-order valence-corrected chi connectivity index (χ1v) is 9.54. The van der Waals surface area contributed by atoms with E-state index in [1.165, 1.54) is 31.4 Å². The van der Waals surface area contributed by atoms with Crippen LogP contribution in [0.4, 0.5) is 25.0 Å². The van der Waals surface area contributed by atoms with Gasteiger partial charge in [0.1, 0.15) is 17.4 Å². The van der Waals surface area contributed by atoms with E-state index in [0.29, 0.717) is 22.2 Å². The highest BCUT2D eigenvalue weighted by molar-refractivity contribution is 6.11. The lowest BCUT2D eigenvalue weighted by molar-refractivity contribution is 0.103. The number of nitrogens with zero attached hydrogens (tertiary/aromatic N) is 1. The Morgan fingerprint density at radius 3 is 2.41 bits per heavy atom. The summed E-state index contributed by atoms with van der Waals surface area (Å²) in [7, 11) is 1.52. The zero-order valence-corrected chi connectivity index (χ0v) is 16.9. The number of amides is 2. The summed E-state index contributed by atoms with van der Waals surface area (Å²) >= 11 is 0. The summed E-state index contributed by atoms with van der Waals surface area (Å²) in [5.41, 5.74) is 1.37. The number of aromatic nitrogens is 1. The summed E-state index contributed by atoms with van der Waals surface area (Å²) in [6, 6.07) is 14.8. The first-order valence-electron chi connectivity index (χ1n) is 9.54. The Kier molecular flexibility index (Phi) is 5.76. The van der Waals surface area contributed by atoms with Crippen molar-refractivity contribution < 1.29 is 23.1 Å². The third-order valence-electron chi connectivity index (χ3n) is 4.65. The van der Waals surface area contributed by atoms with E-state index in [4.69, 9.17) is 4.74 Å². The highest BCUT2D eigenvalue weighted by Crippen LogP contribution is 2.23. The Morgan fingerprint density at radius 1 is 0.844 bits per heavy atom. The molecule has 0 aliphatic carbocycles.